The summed E-state index contributed by atoms with van der Waals surface area (Å²) in [6.45, 7) is 2.60. The first kappa shape index (κ1) is 15.5. The Bertz CT molecular complexity index is 684. The highest BCUT2D eigenvalue weighted by Crippen LogP contribution is 2.22. The molecule has 1 heterocycles. The van der Waals surface area contributed by atoms with Crippen LogP contribution in [0.1, 0.15) is 51.1 Å². The van der Waals surface area contributed by atoms with Crippen LogP contribution in [-0.2, 0) is 6.42 Å². The van der Waals surface area contributed by atoms with Crippen molar-refractivity contribution in [2.24, 2.45) is 0 Å². The molecular formula is C20H21NO2. The van der Waals surface area contributed by atoms with Gasteiger partial charge in [0.25, 0.3) is 11.8 Å². The van der Waals surface area contributed by atoms with Crippen molar-refractivity contribution >= 4 is 11.8 Å². The van der Waals surface area contributed by atoms with E-state index in [-0.39, 0.29) is 11.8 Å². The number of hydrogen-bond donors (Lipinski definition) is 0. The van der Waals surface area contributed by atoms with E-state index >= 15 is 0 Å². The molecule has 3 nitrogen and oxygen atoms in total. The number of rotatable bonds is 6. The molecular weight excluding hydrogens is 286 g/mol. The average molecular weight is 307 g/mol. The quantitative estimate of drug-likeness (QED) is 0.597. The number of imide groups is 1. The predicted molar refractivity (Wildman–Crippen MR) is 90.5 cm³/mol. The van der Waals surface area contributed by atoms with Crippen molar-refractivity contribution in [3.63, 3.8) is 0 Å². The van der Waals surface area contributed by atoms with Gasteiger partial charge in [-0.1, -0.05) is 48.4 Å². The van der Waals surface area contributed by atoms with Crippen LogP contribution in [0.2, 0.25) is 0 Å². The van der Waals surface area contributed by atoms with Gasteiger partial charge in [0.15, 0.2) is 0 Å². The zero-order chi connectivity index (χ0) is 16.2. The maximum absolute atomic E-state index is 12.2. The molecule has 0 fully saturated rings. The van der Waals surface area contributed by atoms with Crippen molar-refractivity contribution in [3.05, 3.63) is 70.8 Å². The summed E-state index contributed by atoms with van der Waals surface area (Å²) >= 11 is 0. The third-order valence-electron chi connectivity index (χ3n) is 4.35. The van der Waals surface area contributed by atoms with Gasteiger partial charge in [-0.3, -0.25) is 14.5 Å². The summed E-state index contributed by atoms with van der Waals surface area (Å²) in [6, 6.07) is 15.7. The van der Waals surface area contributed by atoms with Gasteiger partial charge in [0.1, 0.15) is 0 Å². The molecule has 118 valence electrons. The molecule has 0 aliphatic carbocycles. The highest BCUT2D eigenvalue weighted by molar-refractivity contribution is 6.21. The van der Waals surface area contributed by atoms with Crippen LogP contribution in [0.5, 0.6) is 0 Å². The van der Waals surface area contributed by atoms with Crippen LogP contribution in [-0.4, -0.2) is 23.3 Å². The first-order valence-corrected chi connectivity index (χ1v) is 8.17. The summed E-state index contributed by atoms with van der Waals surface area (Å²) in [4.78, 5) is 25.8. The molecule has 0 bridgehead atoms. The van der Waals surface area contributed by atoms with Gasteiger partial charge in [-0.15, -0.1) is 0 Å². The van der Waals surface area contributed by atoms with E-state index < -0.39 is 0 Å². The molecule has 0 saturated heterocycles. The van der Waals surface area contributed by atoms with Crippen LogP contribution < -0.4 is 0 Å². The summed E-state index contributed by atoms with van der Waals surface area (Å²) in [7, 11) is 0. The number of aryl methyl sites for hydroxylation is 2. The van der Waals surface area contributed by atoms with E-state index in [0.717, 1.165) is 25.7 Å². The Kier molecular flexibility index (Phi) is 4.56. The molecule has 0 atom stereocenters. The van der Waals surface area contributed by atoms with Crippen molar-refractivity contribution in [3.8, 4) is 0 Å². The third-order valence-corrected chi connectivity index (χ3v) is 4.35. The van der Waals surface area contributed by atoms with Crippen molar-refractivity contribution in [2.75, 3.05) is 6.54 Å². The molecule has 0 N–H and O–H groups in total. The molecule has 23 heavy (non-hydrogen) atoms. The molecule has 0 radical (unpaired) electrons. The Morgan fingerprint density at radius 2 is 1.39 bits per heavy atom. The van der Waals surface area contributed by atoms with E-state index in [1.54, 1.807) is 24.3 Å². The number of fused-ring (bicyclic) bond motifs is 1. The monoisotopic (exact) mass is 307 g/mol. The lowest BCUT2D eigenvalue weighted by atomic mass is 10.1. The second-order valence-corrected chi connectivity index (χ2v) is 6.10. The average Bonchev–Trinajstić information content (AvgIpc) is 2.81. The Balaban J connectivity index is 1.46. The fraction of sp³-hybridized carbons (Fsp3) is 0.300. The summed E-state index contributed by atoms with van der Waals surface area (Å²) in [6.07, 6.45) is 3.99. The lowest BCUT2D eigenvalue weighted by molar-refractivity contribution is 0.0651. The van der Waals surface area contributed by atoms with E-state index in [1.165, 1.54) is 16.0 Å². The summed E-state index contributed by atoms with van der Waals surface area (Å²) in [5, 5.41) is 0. The highest BCUT2D eigenvalue weighted by Gasteiger charge is 2.34. The van der Waals surface area contributed by atoms with Crippen LogP contribution in [0, 0.1) is 6.92 Å². The lowest BCUT2D eigenvalue weighted by Crippen LogP contribution is -2.30. The summed E-state index contributed by atoms with van der Waals surface area (Å²) in [5.41, 5.74) is 3.70. The van der Waals surface area contributed by atoms with E-state index in [9.17, 15) is 9.59 Å². The smallest absolute Gasteiger partial charge is 0.261 e. The second kappa shape index (κ2) is 6.78. The Morgan fingerprint density at radius 1 is 0.783 bits per heavy atom. The molecule has 3 heteroatoms. The standard InChI is InChI=1S/C20H21NO2/c1-15-10-12-16(13-11-15)7-3-2-6-14-21-19(22)17-8-4-5-9-18(17)20(21)23/h4-5,8-13H,2-3,6-7,14H2,1H3. The minimum Gasteiger partial charge on any atom is -0.274 e. The number of benzene rings is 2. The number of nitrogens with zero attached hydrogens (tertiary/aromatic N) is 1. The van der Waals surface area contributed by atoms with Crippen molar-refractivity contribution in [1.82, 2.24) is 4.90 Å². The molecule has 2 aromatic rings. The fourth-order valence-corrected chi connectivity index (χ4v) is 2.97. The number of hydrogen-bond acceptors (Lipinski definition) is 2. The number of carbonyl (C=O) groups excluding carboxylic acids is 2. The summed E-state index contributed by atoms with van der Waals surface area (Å²) < 4.78 is 0. The van der Waals surface area contributed by atoms with Gasteiger partial charge >= 0.3 is 0 Å². The van der Waals surface area contributed by atoms with Gasteiger partial charge in [-0.2, -0.15) is 0 Å². The molecule has 0 saturated carbocycles. The fourth-order valence-electron chi connectivity index (χ4n) is 2.97. The van der Waals surface area contributed by atoms with E-state index in [4.69, 9.17) is 0 Å². The highest BCUT2D eigenvalue weighted by atomic mass is 16.2. The first-order valence-electron chi connectivity index (χ1n) is 8.17. The molecule has 1 aliphatic heterocycles. The van der Waals surface area contributed by atoms with Crippen molar-refractivity contribution < 1.29 is 9.59 Å². The zero-order valence-corrected chi connectivity index (χ0v) is 13.4. The Labute approximate surface area is 136 Å². The van der Waals surface area contributed by atoms with Gasteiger partial charge in [-0.25, -0.2) is 0 Å². The van der Waals surface area contributed by atoms with Crippen LogP contribution in [0.4, 0.5) is 0 Å². The Morgan fingerprint density at radius 3 is 2.00 bits per heavy atom. The van der Waals surface area contributed by atoms with Gasteiger partial charge in [0, 0.05) is 6.54 Å². The lowest BCUT2D eigenvalue weighted by Gasteiger charge is -2.13. The van der Waals surface area contributed by atoms with Crippen molar-refractivity contribution in [2.45, 2.75) is 32.6 Å². The second-order valence-electron chi connectivity index (χ2n) is 6.10. The maximum atomic E-state index is 12.2. The normalized spacial score (nSPS) is 13.5. The van der Waals surface area contributed by atoms with E-state index in [1.807, 2.05) is 0 Å². The van der Waals surface area contributed by atoms with E-state index in [2.05, 4.69) is 31.2 Å². The molecule has 1 aliphatic rings. The van der Waals surface area contributed by atoms with Gasteiger partial charge in [-0.05, 0) is 43.9 Å². The topological polar surface area (TPSA) is 37.4 Å². The summed E-state index contributed by atoms with van der Waals surface area (Å²) in [5.74, 6) is -0.298. The van der Waals surface area contributed by atoms with Gasteiger partial charge < -0.3 is 0 Å². The van der Waals surface area contributed by atoms with Crippen LogP contribution in [0.25, 0.3) is 0 Å². The number of carbonyl (C=O) groups is 2. The molecule has 3 rings (SSSR count). The molecule has 2 aromatic carbocycles. The van der Waals surface area contributed by atoms with Gasteiger partial charge in [0.2, 0.25) is 0 Å². The van der Waals surface area contributed by atoms with Crippen molar-refractivity contribution in [1.29, 1.82) is 0 Å². The van der Waals surface area contributed by atoms with E-state index in [0.29, 0.717) is 17.7 Å². The maximum Gasteiger partial charge on any atom is 0.261 e. The molecule has 0 spiro atoms. The molecule has 0 aromatic heterocycles. The Hall–Kier alpha value is -2.42. The van der Waals surface area contributed by atoms with Crippen LogP contribution in [0.3, 0.4) is 0 Å². The molecule has 0 unspecified atom stereocenters. The number of amides is 2. The largest absolute Gasteiger partial charge is 0.274 e. The third kappa shape index (κ3) is 3.34. The minimum absolute atomic E-state index is 0.149. The first-order chi connectivity index (χ1) is 11.2. The number of unbranched alkanes of at least 4 members (excludes halogenated alkanes) is 2. The SMILES string of the molecule is Cc1ccc(CCCCCN2C(=O)c3ccccc3C2=O)cc1. The van der Waals surface area contributed by atoms with Crippen LogP contribution >= 0.6 is 0 Å². The van der Waals surface area contributed by atoms with Crippen LogP contribution in [0.15, 0.2) is 48.5 Å². The predicted octanol–water partition coefficient (Wildman–Crippen LogP) is 4.00. The minimum atomic E-state index is -0.149. The molecule has 2 amide bonds. The zero-order valence-electron chi connectivity index (χ0n) is 13.4. The van der Waals surface area contributed by atoms with Gasteiger partial charge in [0.05, 0.1) is 11.1 Å².